The Labute approximate surface area is 122 Å². The van der Waals surface area contributed by atoms with Crippen molar-refractivity contribution < 1.29 is 4.79 Å². The van der Waals surface area contributed by atoms with Gasteiger partial charge in [0.25, 0.3) is 5.91 Å². The van der Waals surface area contributed by atoms with E-state index in [1.54, 1.807) is 18.2 Å². The summed E-state index contributed by atoms with van der Waals surface area (Å²) in [7, 11) is 0. The van der Waals surface area contributed by atoms with Gasteiger partial charge in [-0.2, -0.15) is 0 Å². The fraction of sp³-hybridized carbons (Fsp3) is 0.0625. The van der Waals surface area contributed by atoms with Crippen molar-refractivity contribution in [1.29, 1.82) is 5.41 Å². The van der Waals surface area contributed by atoms with Gasteiger partial charge in [0.05, 0.1) is 11.4 Å². The van der Waals surface area contributed by atoms with Crippen molar-refractivity contribution in [3.05, 3.63) is 53.1 Å². The summed E-state index contributed by atoms with van der Waals surface area (Å²) in [6, 6.07) is 10.9. The number of nitrogens with one attached hydrogen (secondary N) is 2. The van der Waals surface area contributed by atoms with Gasteiger partial charge in [-0.05, 0) is 37.3 Å². The number of nitrogens with two attached hydrogens (primary N) is 1. The zero-order chi connectivity index (χ0) is 15.0. The van der Waals surface area contributed by atoms with Crippen LogP contribution in [0.25, 0.3) is 0 Å². The van der Waals surface area contributed by atoms with E-state index in [1.165, 1.54) is 6.21 Å². The van der Waals surface area contributed by atoms with Crippen LogP contribution in [-0.2, 0) is 4.79 Å². The molecule has 5 nitrogen and oxygen atoms in total. The van der Waals surface area contributed by atoms with Crippen molar-refractivity contribution in [2.24, 2.45) is 4.99 Å². The number of nitrogens with zero attached hydrogens (tertiary/aromatic N) is 1. The van der Waals surface area contributed by atoms with Crippen LogP contribution in [0, 0.1) is 12.3 Å². The number of aliphatic imine (C=N–C) groups is 1. The fourth-order valence-electron chi connectivity index (χ4n) is 2.27. The monoisotopic (exact) mass is 278 g/mol. The fourth-order valence-corrected chi connectivity index (χ4v) is 2.27. The SMILES string of the molecule is Cc1ccc2c(c1)C(=Nc1ccc(C=N)c(N)c1)C(=O)N2. The van der Waals surface area contributed by atoms with Gasteiger partial charge in [0.2, 0.25) is 0 Å². The van der Waals surface area contributed by atoms with Crippen LogP contribution in [0.2, 0.25) is 0 Å². The number of hydrogen-bond acceptors (Lipinski definition) is 4. The minimum Gasteiger partial charge on any atom is -0.398 e. The normalized spacial score (nSPS) is 14.9. The van der Waals surface area contributed by atoms with E-state index in [0.717, 1.165) is 16.8 Å². The van der Waals surface area contributed by atoms with Crippen LogP contribution >= 0.6 is 0 Å². The molecule has 0 saturated carbocycles. The summed E-state index contributed by atoms with van der Waals surface area (Å²) in [5.74, 6) is -0.217. The molecule has 1 aliphatic heterocycles. The molecule has 1 heterocycles. The molecule has 0 radical (unpaired) electrons. The molecule has 0 unspecified atom stereocenters. The van der Waals surface area contributed by atoms with Gasteiger partial charge < -0.3 is 16.5 Å². The van der Waals surface area contributed by atoms with Gasteiger partial charge in [-0.3, -0.25) is 4.79 Å². The number of carbonyl (C=O) groups is 1. The Morgan fingerprint density at radius 2 is 2.05 bits per heavy atom. The van der Waals surface area contributed by atoms with Crippen molar-refractivity contribution in [2.75, 3.05) is 11.1 Å². The molecule has 104 valence electrons. The lowest BCUT2D eigenvalue weighted by atomic mass is 10.1. The first kappa shape index (κ1) is 13.1. The highest BCUT2D eigenvalue weighted by Crippen LogP contribution is 2.27. The number of anilines is 2. The van der Waals surface area contributed by atoms with E-state index in [-0.39, 0.29) is 5.91 Å². The smallest absolute Gasteiger partial charge is 0.275 e. The van der Waals surface area contributed by atoms with E-state index in [1.807, 2.05) is 25.1 Å². The highest BCUT2D eigenvalue weighted by atomic mass is 16.2. The summed E-state index contributed by atoms with van der Waals surface area (Å²) in [6.45, 7) is 1.97. The molecule has 5 heteroatoms. The van der Waals surface area contributed by atoms with Crippen molar-refractivity contribution in [1.82, 2.24) is 0 Å². The van der Waals surface area contributed by atoms with E-state index < -0.39 is 0 Å². The standard InChI is InChI=1S/C16H14N4O/c1-9-2-5-14-12(6-9)15(16(21)20-14)19-11-4-3-10(8-17)13(18)7-11/h2-8,17H,18H2,1H3,(H,19,20,21). The van der Waals surface area contributed by atoms with E-state index in [4.69, 9.17) is 11.1 Å². The maximum Gasteiger partial charge on any atom is 0.275 e. The third kappa shape index (κ3) is 2.29. The number of nitrogen functional groups attached to an aromatic ring is 1. The van der Waals surface area contributed by atoms with E-state index in [9.17, 15) is 4.79 Å². The predicted molar refractivity (Wildman–Crippen MR) is 84.7 cm³/mol. The first-order valence-corrected chi connectivity index (χ1v) is 6.49. The molecule has 0 saturated heterocycles. The zero-order valence-electron chi connectivity index (χ0n) is 11.5. The Balaban J connectivity index is 2.08. The first-order valence-electron chi connectivity index (χ1n) is 6.49. The Kier molecular flexibility index (Phi) is 3.02. The third-order valence-electron chi connectivity index (χ3n) is 3.36. The molecule has 2 aromatic carbocycles. The van der Waals surface area contributed by atoms with Gasteiger partial charge >= 0.3 is 0 Å². The van der Waals surface area contributed by atoms with Gasteiger partial charge in [-0.15, -0.1) is 0 Å². The predicted octanol–water partition coefficient (Wildman–Crippen LogP) is 2.65. The minimum atomic E-state index is -0.217. The van der Waals surface area contributed by atoms with Crippen LogP contribution in [0.5, 0.6) is 0 Å². The lowest BCUT2D eigenvalue weighted by Crippen LogP contribution is -2.13. The Bertz CT molecular complexity index is 793. The van der Waals surface area contributed by atoms with E-state index >= 15 is 0 Å². The highest BCUT2D eigenvalue weighted by molar-refractivity contribution is 6.54. The molecule has 1 aliphatic rings. The summed E-state index contributed by atoms with van der Waals surface area (Å²) >= 11 is 0. The second-order valence-corrected chi connectivity index (χ2v) is 4.92. The largest absolute Gasteiger partial charge is 0.398 e. The number of benzene rings is 2. The van der Waals surface area contributed by atoms with Crippen molar-refractivity contribution in [3.63, 3.8) is 0 Å². The number of amides is 1. The highest BCUT2D eigenvalue weighted by Gasteiger charge is 2.25. The lowest BCUT2D eigenvalue weighted by molar-refractivity contribution is -0.110. The lowest BCUT2D eigenvalue weighted by Gasteiger charge is -2.02. The summed E-state index contributed by atoms with van der Waals surface area (Å²) < 4.78 is 0. The minimum absolute atomic E-state index is 0.217. The third-order valence-corrected chi connectivity index (χ3v) is 3.36. The number of carbonyl (C=O) groups excluding carboxylic acids is 1. The maximum absolute atomic E-state index is 12.0. The zero-order valence-corrected chi connectivity index (χ0v) is 11.5. The van der Waals surface area contributed by atoms with Gasteiger partial charge in [0, 0.05) is 23.0 Å². The van der Waals surface area contributed by atoms with Crippen LogP contribution in [0.1, 0.15) is 16.7 Å². The van der Waals surface area contributed by atoms with Crippen LogP contribution in [-0.4, -0.2) is 17.8 Å². The number of hydrogen-bond donors (Lipinski definition) is 3. The van der Waals surface area contributed by atoms with Crippen LogP contribution in [0.15, 0.2) is 41.4 Å². The molecule has 21 heavy (non-hydrogen) atoms. The first-order chi connectivity index (χ1) is 10.1. The molecule has 0 aromatic heterocycles. The van der Waals surface area contributed by atoms with Gasteiger partial charge in [-0.1, -0.05) is 11.6 Å². The van der Waals surface area contributed by atoms with E-state index in [2.05, 4.69) is 10.3 Å². The summed E-state index contributed by atoms with van der Waals surface area (Å²) in [6.07, 6.45) is 1.19. The van der Waals surface area contributed by atoms with Crippen LogP contribution in [0.3, 0.4) is 0 Å². The average molecular weight is 278 g/mol. The molecule has 1 amide bonds. The Hall–Kier alpha value is -2.95. The summed E-state index contributed by atoms with van der Waals surface area (Å²) in [5.41, 5.74) is 10.6. The Morgan fingerprint density at radius 1 is 1.24 bits per heavy atom. The number of rotatable bonds is 2. The van der Waals surface area contributed by atoms with Crippen molar-refractivity contribution >= 4 is 34.9 Å². The molecular formula is C16H14N4O. The van der Waals surface area contributed by atoms with Crippen molar-refractivity contribution in [3.8, 4) is 0 Å². The quantitative estimate of drug-likeness (QED) is 0.582. The molecule has 0 aliphatic carbocycles. The molecule has 0 spiro atoms. The molecule has 0 bridgehead atoms. The summed E-state index contributed by atoms with van der Waals surface area (Å²) in [5, 5.41) is 10.0. The second kappa shape index (κ2) is 4.86. The molecule has 4 N–H and O–H groups in total. The second-order valence-electron chi connectivity index (χ2n) is 4.92. The van der Waals surface area contributed by atoms with E-state index in [0.29, 0.717) is 22.6 Å². The van der Waals surface area contributed by atoms with Gasteiger partial charge in [-0.25, -0.2) is 4.99 Å². The average Bonchev–Trinajstić information content (AvgIpc) is 2.75. The molecule has 3 rings (SSSR count). The van der Waals surface area contributed by atoms with Gasteiger partial charge in [0.1, 0.15) is 5.71 Å². The number of aryl methyl sites for hydroxylation is 1. The number of fused-ring (bicyclic) bond motifs is 1. The Morgan fingerprint density at radius 3 is 2.76 bits per heavy atom. The molecular weight excluding hydrogens is 264 g/mol. The van der Waals surface area contributed by atoms with Crippen molar-refractivity contribution in [2.45, 2.75) is 6.92 Å². The molecule has 0 atom stereocenters. The summed E-state index contributed by atoms with van der Waals surface area (Å²) in [4.78, 5) is 16.5. The topological polar surface area (TPSA) is 91.3 Å². The van der Waals surface area contributed by atoms with Gasteiger partial charge in [0.15, 0.2) is 0 Å². The maximum atomic E-state index is 12.0. The molecule has 0 fully saturated rings. The van der Waals surface area contributed by atoms with Crippen LogP contribution < -0.4 is 11.1 Å². The van der Waals surface area contributed by atoms with Crippen LogP contribution in [0.4, 0.5) is 17.1 Å². The molecule has 2 aromatic rings.